The Morgan fingerprint density at radius 3 is 2.17 bits per heavy atom. The van der Waals surface area contributed by atoms with Crippen molar-refractivity contribution < 1.29 is 0 Å². The zero-order valence-corrected chi connectivity index (χ0v) is 19.3. The van der Waals surface area contributed by atoms with Crippen molar-refractivity contribution in [1.82, 2.24) is 4.98 Å². The molecule has 0 saturated heterocycles. The van der Waals surface area contributed by atoms with Gasteiger partial charge in [0.1, 0.15) is 0 Å². The average molecular weight is 447 g/mol. The highest BCUT2D eigenvalue weighted by molar-refractivity contribution is 5.95. The van der Waals surface area contributed by atoms with Gasteiger partial charge in [0.25, 0.3) is 0 Å². The van der Waals surface area contributed by atoms with Crippen LogP contribution in [0.1, 0.15) is 44.5 Å². The van der Waals surface area contributed by atoms with Crippen molar-refractivity contribution in [3.8, 4) is 22.3 Å². The fourth-order valence-electron chi connectivity index (χ4n) is 7.19. The third kappa shape index (κ3) is 2.23. The van der Waals surface area contributed by atoms with Gasteiger partial charge in [0.2, 0.25) is 0 Å². The van der Waals surface area contributed by atoms with Crippen molar-refractivity contribution in [2.45, 2.75) is 25.7 Å². The Morgan fingerprint density at radius 2 is 1.23 bits per heavy atom. The number of anilines is 3. The Balaban J connectivity index is 1.30. The van der Waals surface area contributed by atoms with Crippen LogP contribution in [0.2, 0.25) is 0 Å². The lowest BCUT2D eigenvalue weighted by molar-refractivity contribution is 0.984. The van der Waals surface area contributed by atoms with E-state index in [9.17, 15) is 0 Å². The molecule has 2 heteroatoms. The van der Waals surface area contributed by atoms with E-state index in [0.29, 0.717) is 0 Å². The minimum atomic E-state index is 0.985. The van der Waals surface area contributed by atoms with E-state index in [0.717, 1.165) is 25.7 Å². The first-order valence-electron chi connectivity index (χ1n) is 12.6. The Hall–Kier alpha value is -4.17. The first kappa shape index (κ1) is 18.2. The molecule has 2 aliphatic carbocycles. The van der Waals surface area contributed by atoms with E-state index in [-0.39, 0.29) is 0 Å². The molecule has 0 atom stereocenters. The number of benzene rings is 4. The Bertz CT molecular complexity index is 1750. The largest absolute Gasteiger partial charge is 0.308 e. The van der Waals surface area contributed by atoms with Crippen LogP contribution in [-0.2, 0) is 25.7 Å². The predicted octanol–water partition coefficient (Wildman–Crippen LogP) is 7.50. The van der Waals surface area contributed by atoms with E-state index in [1.54, 1.807) is 11.1 Å². The standard InChI is InChI=1S/C33H22N2/c1-3-7-23-19(5-1)14-26-24(23)9-10-25-27-16-22-13-20-6-2-4-8-31(20)35-32-18-34-12-11-21(32)15-30(33(22)35)29(27)17-28(25)26/h1-12,16,18H,13-15,17H2. The molecule has 4 aliphatic rings. The zero-order chi connectivity index (χ0) is 22.7. The number of hydrogen-bond acceptors (Lipinski definition) is 2. The fraction of sp³-hybridized carbons (Fsp3) is 0.121. The summed E-state index contributed by atoms with van der Waals surface area (Å²) in [6.45, 7) is 0. The number of rotatable bonds is 0. The SMILES string of the molecule is c1ccc2c(c1)Cc1c-2ccc2c1Cc1c-2cc2c3c1Cc1ccncc1N3c1ccccc1C2. The van der Waals surface area contributed by atoms with E-state index in [1.807, 2.05) is 6.20 Å². The molecule has 35 heavy (non-hydrogen) atoms. The molecule has 4 aromatic carbocycles. The van der Waals surface area contributed by atoms with Gasteiger partial charge in [0, 0.05) is 24.7 Å². The Kier molecular flexibility index (Phi) is 3.27. The van der Waals surface area contributed by atoms with Crippen LogP contribution in [0.25, 0.3) is 22.3 Å². The van der Waals surface area contributed by atoms with Crippen LogP contribution in [-0.4, -0.2) is 4.98 Å². The first-order chi connectivity index (χ1) is 17.3. The number of nitrogens with zero attached hydrogens (tertiary/aromatic N) is 2. The monoisotopic (exact) mass is 446 g/mol. The molecular formula is C33H22N2. The molecule has 0 amide bonds. The molecule has 0 N–H and O–H groups in total. The van der Waals surface area contributed by atoms with Crippen molar-refractivity contribution in [2.24, 2.45) is 0 Å². The van der Waals surface area contributed by atoms with E-state index in [1.165, 1.54) is 72.7 Å². The molecule has 3 heterocycles. The minimum Gasteiger partial charge on any atom is -0.308 e. The van der Waals surface area contributed by atoms with Gasteiger partial charge in [-0.05, 0) is 97.8 Å². The maximum Gasteiger partial charge on any atom is 0.0680 e. The topological polar surface area (TPSA) is 16.1 Å². The van der Waals surface area contributed by atoms with Crippen molar-refractivity contribution >= 4 is 17.1 Å². The van der Waals surface area contributed by atoms with Crippen LogP contribution >= 0.6 is 0 Å². The van der Waals surface area contributed by atoms with Gasteiger partial charge in [0.05, 0.1) is 17.6 Å². The lowest BCUT2D eigenvalue weighted by Gasteiger charge is -2.40. The molecule has 0 radical (unpaired) electrons. The van der Waals surface area contributed by atoms with Crippen molar-refractivity contribution in [3.63, 3.8) is 0 Å². The third-order valence-corrected chi connectivity index (χ3v) is 8.68. The second kappa shape index (κ2) is 6.28. The number of para-hydroxylation sites is 1. The molecule has 164 valence electrons. The summed E-state index contributed by atoms with van der Waals surface area (Å²) >= 11 is 0. The van der Waals surface area contributed by atoms with Crippen LogP contribution in [0.4, 0.5) is 17.1 Å². The number of hydrogen-bond donors (Lipinski definition) is 0. The smallest absolute Gasteiger partial charge is 0.0680 e. The van der Waals surface area contributed by atoms with Crippen LogP contribution in [0, 0.1) is 0 Å². The average Bonchev–Trinajstić information content (AvgIpc) is 3.47. The lowest BCUT2D eigenvalue weighted by Crippen LogP contribution is -2.25. The lowest BCUT2D eigenvalue weighted by atomic mass is 9.83. The zero-order valence-electron chi connectivity index (χ0n) is 19.3. The van der Waals surface area contributed by atoms with Gasteiger partial charge >= 0.3 is 0 Å². The quantitative estimate of drug-likeness (QED) is 0.240. The summed E-state index contributed by atoms with van der Waals surface area (Å²) in [5.41, 5.74) is 21.6. The van der Waals surface area contributed by atoms with Crippen molar-refractivity contribution in [3.05, 3.63) is 130 Å². The molecule has 2 aliphatic heterocycles. The van der Waals surface area contributed by atoms with Gasteiger partial charge in [0.15, 0.2) is 0 Å². The van der Waals surface area contributed by atoms with E-state index in [2.05, 4.69) is 88.9 Å². The number of fused-ring (bicyclic) bond motifs is 12. The van der Waals surface area contributed by atoms with Gasteiger partial charge in [-0.2, -0.15) is 0 Å². The molecule has 0 bridgehead atoms. The fourth-order valence-corrected chi connectivity index (χ4v) is 7.19. The molecule has 2 nitrogen and oxygen atoms in total. The van der Waals surface area contributed by atoms with Crippen molar-refractivity contribution in [1.29, 1.82) is 0 Å². The summed E-state index contributed by atoms with van der Waals surface area (Å²) in [7, 11) is 0. The van der Waals surface area contributed by atoms with Gasteiger partial charge in [-0.25, -0.2) is 0 Å². The number of aromatic nitrogens is 1. The molecule has 0 spiro atoms. The van der Waals surface area contributed by atoms with Crippen LogP contribution in [0.3, 0.4) is 0 Å². The molecule has 0 unspecified atom stereocenters. The highest BCUT2D eigenvalue weighted by Gasteiger charge is 2.37. The Labute approximate surface area is 204 Å². The molecule has 0 fully saturated rings. The summed E-state index contributed by atoms with van der Waals surface area (Å²) in [5.74, 6) is 0. The molecular weight excluding hydrogens is 424 g/mol. The Morgan fingerprint density at radius 1 is 0.514 bits per heavy atom. The van der Waals surface area contributed by atoms with Gasteiger partial charge in [-0.15, -0.1) is 0 Å². The summed E-state index contributed by atoms with van der Waals surface area (Å²) < 4.78 is 0. The highest BCUT2D eigenvalue weighted by atomic mass is 15.2. The molecule has 9 rings (SSSR count). The normalized spacial score (nSPS) is 14.9. The van der Waals surface area contributed by atoms with Gasteiger partial charge in [-0.1, -0.05) is 54.6 Å². The maximum atomic E-state index is 4.52. The van der Waals surface area contributed by atoms with Crippen LogP contribution in [0.5, 0.6) is 0 Å². The first-order valence-corrected chi connectivity index (χ1v) is 12.6. The summed E-state index contributed by atoms with van der Waals surface area (Å²) in [6.07, 6.45) is 8.07. The van der Waals surface area contributed by atoms with Gasteiger partial charge < -0.3 is 4.90 Å². The highest BCUT2D eigenvalue weighted by Crippen LogP contribution is 2.55. The minimum absolute atomic E-state index is 0.985. The van der Waals surface area contributed by atoms with Crippen LogP contribution in [0.15, 0.2) is 85.2 Å². The predicted molar refractivity (Wildman–Crippen MR) is 141 cm³/mol. The summed E-state index contributed by atoms with van der Waals surface area (Å²) in [5, 5.41) is 0. The molecule has 5 aromatic rings. The van der Waals surface area contributed by atoms with E-state index < -0.39 is 0 Å². The number of pyridine rings is 1. The maximum absolute atomic E-state index is 4.52. The molecule has 1 aromatic heterocycles. The van der Waals surface area contributed by atoms with Crippen molar-refractivity contribution in [2.75, 3.05) is 4.90 Å². The van der Waals surface area contributed by atoms with Crippen LogP contribution < -0.4 is 4.90 Å². The molecule has 0 saturated carbocycles. The summed E-state index contributed by atoms with van der Waals surface area (Å²) in [4.78, 5) is 7.02. The summed E-state index contributed by atoms with van der Waals surface area (Å²) in [6, 6.07) is 27.3. The second-order valence-electron chi connectivity index (χ2n) is 10.3. The second-order valence-corrected chi connectivity index (χ2v) is 10.3. The van der Waals surface area contributed by atoms with E-state index >= 15 is 0 Å². The third-order valence-electron chi connectivity index (χ3n) is 8.68. The van der Waals surface area contributed by atoms with Gasteiger partial charge in [-0.3, -0.25) is 4.98 Å². The van der Waals surface area contributed by atoms with E-state index in [4.69, 9.17) is 0 Å².